The fourth-order valence-corrected chi connectivity index (χ4v) is 2.14. The Kier molecular flexibility index (Phi) is 3.25. The molecule has 0 aliphatic carbocycles. The molecule has 0 amide bonds. The van der Waals surface area contributed by atoms with E-state index in [1.807, 2.05) is 6.07 Å². The first-order valence-corrected chi connectivity index (χ1v) is 5.82. The van der Waals surface area contributed by atoms with Crippen LogP contribution < -0.4 is 0 Å². The van der Waals surface area contributed by atoms with Crippen molar-refractivity contribution in [1.29, 1.82) is 0 Å². The summed E-state index contributed by atoms with van der Waals surface area (Å²) in [5.41, 5.74) is 1.23. The Morgan fingerprint density at radius 1 is 1.00 bits per heavy atom. The summed E-state index contributed by atoms with van der Waals surface area (Å²) in [6.45, 7) is 4.52. The minimum Gasteiger partial charge on any atom is -0.396 e. The van der Waals surface area contributed by atoms with Gasteiger partial charge >= 0.3 is 0 Å². The first-order valence-electron chi connectivity index (χ1n) is 5.82. The lowest BCUT2D eigenvalue weighted by Crippen LogP contribution is -2.10. The molecule has 1 unspecified atom stereocenters. The van der Waals surface area contributed by atoms with Crippen molar-refractivity contribution in [2.45, 2.75) is 19.8 Å². The maximum Gasteiger partial charge on any atom is 0.0502 e. The van der Waals surface area contributed by atoms with Crippen LogP contribution in [0.4, 0.5) is 0 Å². The Morgan fingerprint density at radius 2 is 1.69 bits per heavy atom. The number of fused-ring (bicyclic) bond motifs is 1. The smallest absolute Gasteiger partial charge is 0.0502 e. The second-order valence-corrected chi connectivity index (χ2v) is 4.64. The molecule has 0 heterocycles. The van der Waals surface area contributed by atoms with Gasteiger partial charge in [-0.2, -0.15) is 0 Å². The predicted molar refractivity (Wildman–Crippen MR) is 68.6 cm³/mol. The minimum absolute atomic E-state index is 0.218. The molecular formula is C15H18O. The second-order valence-electron chi connectivity index (χ2n) is 4.64. The van der Waals surface area contributed by atoms with Crippen LogP contribution >= 0.6 is 0 Å². The van der Waals surface area contributed by atoms with E-state index in [9.17, 15) is 5.11 Å². The van der Waals surface area contributed by atoms with Crippen molar-refractivity contribution in [2.75, 3.05) is 6.61 Å². The van der Waals surface area contributed by atoms with Gasteiger partial charge in [0.15, 0.2) is 0 Å². The summed E-state index contributed by atoms with van der Waals surface area (Å²) in [7, 11) is 0. The van der Waals surface area contributed by atoms with Crippen molar-refractivity contribution in [3.05, 3.63) is 48.0 Å². The maximum absolute atomic E-state index is 9.42. The molecule has 1 nitrogen and oxygen atoms in total. The van der Waals surface area contributed by atoms with E-state index in [1.165, 1.54) is 16.3 Å². The van der Waals surface area contributed by atoms with Gasteiger partial charge in [-0.05, 0) is 22.3 Å². The normalized spacial score (nSPS) is 13.2. The summed E-state index contributed by atoms with van der Waals surface area (Å²) in [5, 5.41) is 11.9. The van der Waals surface area contributed by atoms with E-state index in [0.717, 1.165) is 0 Å². The highest BCUT2D eigenvalue weighted by molar-refractivity contribution is 5.83. The highest BCUT2D eigenvalue weighted by Gasteiger charge is 2.14. The number of hydrogen-bond acceptors (Lipinski definition) is 1. The lowest BCUT2D eigenvalue weighted by molar-refractivity contribution is 0.237. The molecule has 0 saturated carbocycles. The van der Waals surface area contributed by atoms with Crippen molar-refractivity contribution >= 4 is 10.8 Å². The predicted octanol–water partition coefficient (Wildman–Crippen LogP) is 3.57. The first kappa shape index (κ1) is 11.2. The Morgan fingerprint density at radius 3 is 2.31 bits per heavy atom. The molecular weight excluding hydrogens is 196 g/mol. The van der Waals surface area contributed by atoms with E-state index in [-0.39, 0.29) is 12.5 Å². The van der Waals surface area contributed by atoms with E-state index < -0.39 is 0 Å². The molecule has 0 spiro atoms. The quantitative estimate of drug-likeness (QED) is 0.828. The van der Waals surface area contributed by atoms with Gasteiger partial charge in [-0.15, -0.1) is 0 Å². The van der Waals surface area contributed by atoms with Crippen LogP contribution in [0, 0.1) is 5.92 Å². The lowest BCUT2D eigenvalue weighted by Gasteiger charge is -2.19. The van der Waals surface area contributed by atoms with Gasteiger partial charge in [-0.1, -0.05) is 56.3 Å². The number of aliphatic hydroxyl groups excluding tert-OH is 1. The van der Waals surface area contributed by atoms with Gasteiger partial charge in [-0.3, -0.25) is 0 Å². The molecule has 84 valence electrons. The van der Waals surface area contributed by atoms with Crippen molar-refractivity contribution < 1.29 is 5.11 Å². The third kappa shape index (κ3) is 2.10. The molecule has 0 bridgehead atoms. The number of aliphatic hydroxyl groups is 1. The molecule has 2 aromatic rings. The molecule has 0 fully saturated rings. The zero-order valence-corrected chi connectivity index (χ0v) is 9.85. The summed E-state index contributed by atoms with van der Waals surface area (Å²) in [6.07, 6.45) is 0. The van der Waals surface area contributed by atoms with Crippen molar-refractivity contribution in [3.63, 3.8) is 0 Å². The fraction of sp³-hybridized carbons (Fsp3) is 0.333. The SMILES string of the molecule is CC(C)C(CO)c1ccc2ccccc2c1. The zero-order valence-electron chi connectivity index (χ0n) is 9.85. The largest absolute Gasteiger partial charge is 0.396 e. The van der Waals surface area contributed by atoms with Gasteiger partial charge in [-0.25, -0.2) is 0 Å². The third-order valence-corrected chi connectivity index (χ3v) is 3.20. The van der Waals surface area contributed by atoms with Crippen LogP contribution in [0.2, 0.25) is 0 Å². The number of hydrogen-bond donors (Lipinski definition) is 1. The van der Waals surface area contributed by atoms with Crippen molar-refractivity contribution in [3.8, 4) is 0 Å². The summed E-state index contributed by atoms with van der Waals surface area (Å²) in [4.78, 5) is 0. The Balaban J connectivity index is 2.45. The van der Waals surface area contributed by atoms with Crippen LogP contribution in [-0.4, -0.2) is 11.7 Å². The topological polar surface area (TPSA) is 20.2 Å². The molecule has 1 atom stereocenters. The van der Waals surface area contributed by atoms with Gasteiger partial charge in [0.05, 0.1) is 6.61 Å². The summed E-state index contributed by atoms with van der Waals surface area (Å²) < 4.78 is 0. The second kappa shape index (κ2) is 4.67. The number of benzene rings is 2. The van der Waals surface area contributed by atoms with Crippen LogP contribution in [0.1, 0.15) is 25.3 Å². The highest BCUT2D eigenvalue weighted by Crippen LogP contribution is 2.26. The molecule has 1 N–H and O–H groups in total. The molecule has 1 heteroatoms. The van der Waals surface area contributed by atoms with Crippen LogP contribution in [0.5, 0.6) is 0 Å². The Hall–Kier alpha value is -1.34. The first-order chi connectivity index (χ1) is 7.72. The Labute approximate surface area is 96.7 Å². The summed E-state index contributed by atoms with van der Waals surface area (Å²) >= 11 is 0. The van der Waals surface area contributed by atoms with E-state index in [1.54, 1.807) is 0 Å². The van der Waals surface area contributed by atoms with Crippen LogP contribution in [0.15, 0.2) is 42.5 Å². The van der Waals surface area contributed by atoms with Gasteiger partial charge in [0.1, 0.15) is 0 Å². The van der Waals surface area contributed by atoms with E-state index in [0.29, 0.717) is 5.92 Å². The summed E-state index contributed by atoms with van der Waals surface area (Å²) in [5.74, 6) is 0.704. The lowest BCUT2D eigenvalue weighted by atomic mass is 9.88. The molecule has 0 aromatic heterocycles. The highest BCUT2D eigenvalue weighted by atomic mass is 16.3. The Bertz CT molecular complexity index is 474. The third-order valence-electron chi connectivity index (χ3n) is 3.20. The van der Waals surface area contributed by atoms with Gasteiger partial charge in [0, 0.05) is 5.92 Å². The maximum atomic E-state index is 9.42. The van der Waals surface area contributed by atoms with Gasteiger partial charge in [0.2, 0.25) is 0 Å². The van der Waals surface area contributed by atoms with Gasteiger partial charge in [0.25, 0.3) is 0 Å². The van der Waals surface area contributed by atoms with E-state index >= 15 is 0 Å². The van der Waals surface area contributed by atoms with Crippen LogP contribution in [0.25, 0.3) is 10.8 Å². The summed E-state index contributed by atoms with van der Waals surface area (Å²) in [6, 6.07) is 14.8. The molecule has 0 aliphatic rings. The molecule has 2 aromatic carbocycles. The van der Waals surface area contributed by atoms with Crippen LogP contribution in [-0.2, 0) is 0 Å². The standard InChI is InChI=1S/C15H18O/c1-11(2)15(10-16)14-8-7-12-5-3-4-6-13(12)9-14/h3-9,11,15-16H,10H2,1-2H3. The average molecular weight is 214 g/mol. The van der Waals surface area contributed by atoms with E-state index in [2.05, 4.69) is 50.2 Å². The van der Waals surface area contributed by atoms with Crippen molar-refractivity contribution in [2.24, 2.45) is 5.92 Å². The minimum atomic E-state index is 0.218. The van der Waals surface area contributed by atoms with Crippen molar-refractivity contribution in [1.82, 2.24) is 0 Å². The molecule has 16 heavy (non-hydrogen) atoms. The zero-order chi connectivity index (χ0) is 11.5. The van der Waals surface area contributed by atoms with Crippen LogP contribution in [0.3, 0.4) is 0 Å². The molecule has 0 aliphatic heterocycles. The molecule has 0 saturated heterocycles. The average Bonchev–Trinajstić information content (AvgIpc) is 2.29. The van der Waals surface area contributed by atoms with E-state index in [4.69, 9.17) is 0 Å². The molecule has 2 rings (SSSR count). The number of rotatable bonds is 3. The fourth-order valence-electron chi connectivity index (χ4n) is 2.14. The monoisotopic (exact) mass is 214 g/mol. The molecule has 0 radical (unpaired) electrons. The van der Waals surface area contributed by atoms with Gasteiger partial charge < -0.3 is 5.11 Å².